The topological polar surface area (TPSA) is 39.7 Å². The fourth-order valence-corrected chi connectivity index (χ4v) is 3.15. The van der Waals surface area contributed by atoms with Crippen LogP contribution in [0.2, 0.25) is 0 Å². The predicted molar refractivity (Wildman–Crippen MR) is 89.7 cm³/mol. The summed E-state index contributed by atoms with van der Waals surface area (Å²) in [5.74, 6) is 1.39. The summed E-state index contributed by atoms with van der Waals surface area (Å²) in [6.45, 7) is 12.3. The molecule has 1 N–H and O–H groups in total. The molecule has 22 heavy (non-hydrogen) atoms. The van der Waals surface area contributed by atoms with E-state index in [0.717, 1.165) is 17.9 Å². The molecule has 1 atom stereocenters. The first kappa shape index (κ1) is 17.1. The molecular weight excluding hydrogens is 278 g/mol. The molecule has 1 unspecified atom stereocenters. The molecule has 124 valence electrons. The first-order chi connectivity index (χ1) is 10.5. The summed E-state index contributed by atoms with van der Waals surface area (Å²) >= 11 is 0. The second-order valence-electron chi connectivity index (χ2n) is 6.49. The van der Waals surface area contributed by atoms with Crippen LogP contribution in [0.3, 0.4) is 0 Å². The average molecular weight is 307 g/mol. The number of hydrogen-bond acceptors (Lipinski definition) is 4. The summed E-state index contributed by atoms with van der Waals surface area (Å²) in [6, 6.07) is 6.24. The maximum Gasteiger partial charge on any atom is 0.191 e. The zero-order chi connectivity index (χ0) is 16.2. The lowest BCUT2D eigenvalue weighted by Gasteiger charge is -2.38. The van der Waals surface area contributed by atoms with Crippen LogP contribution in [0.1, 0.15) is 52.5 Å². The van der Waals surface area contributed by atoms with Crippen LogP contribution in [0.15, 0.2) is 18.2 Å². The molecule has 0 amide bonds. The van der Waals surface area contributed by atoms with Gasteiger partial charge >= 0.3 is 0 Å². The Balaban J connectivity index is 2.14. The molecule has 1 aromatic rings. The van der Waals surface area contributed by atoms with Crippen molar-refractivity contribution in [2.24, 2.45) is 0 Å². The van der Waals surface area contributed by atoms with E-state index >= 15 is 0 Å². The van der Waals surface area contributed by atoms with E-state index in [2.05, 4.69) is 38.2 Å². The van der Waals surface area contributed by atoms with Crippen molar-refractivity contribution in [1.82, 2.24) is 0 Å². The van der Waals surface area contributed by atoms with Crippen molar-refractivity contribution in [3.8, 4) is 5.75 Å². The predicted octanol–water partition coefficient (Wildman–Crippen LogP) is 4.16. The minimum absolute atomic E-state index is 0.0745. The van der Waals surface area contributed by atoms with Gasteiger partial charge in [0.2, 0.25) is 0 Å². The molecular formula is C18H29NO3. The van der Waals surface area contributed by atoms with Crippen LogP contribution in [0.25, 0.3) is 0 Å². The van der Waals surface area contributed by atoms with Crippen molar-refractivity contribution < 1.29 is 14.2 Å². The van der Waals surface area contributed by atoms with Gasteiger partial charge in [0.15, 0.2) is 6.29 Å². The van der Waals surface area contributed by atoms with E-state index in [9.17, 15) is 0 Å². The minimum atomic E-state index is -0.320. The molecule has 4 nitrogen and oxygen atoms in total. The Kier molecular flexibility index (Phi) is 5.70. The first-order valence-electron chi connectivity index (χ1n) is 8.24. The van der Waals surface area contributed by atoms with Crippen molar-refractivity contribution in [1.29, 1.82) is 0 Å². The second kappa shape index (κ2) is 7.34. The Labute approximate surface area is 134 Å². The van der Waals surface area contributed by atoms with Crippen LogP contribution in [0.4, 0.5) is 5.69 Å². The highest BCUT2D eigenvalue weighted by Crippen LogP contribution is 2.43. The van der Waals surface area contributed by atoms with E-state index in [0.29, 0.717) is 25.7 Å². The molecule has 1 heterocycles. The standard InChI is InChI=1S/C18H29NO3/c1-6-20-16(21-7-2)12-22-15-10-8-9-14-13(3)11-18(4,5)19-17(14)15/h8-10,13,16,19H,6-7,11-12H2,1-5H3. The molecule has 4 heteroatoms. The van der Waals surface area contributed by atoms with Crippen molar-refractivity contribution in [3.05, 3.63) is 23.8 Å². The SMILES string of the molecule is CCOC(COc1cccc2c1NC(C)(C)CC2C)OCC. The number of rotatable bonds is 7. The number of hydrogen-bond donors (Lipinski definition) is 1. The van der Waals surface area contributed by atoms with Gasteiger partial charge in [-0.3, -0.25) is 0 Å². The maximum atomic E-state index is 6.00. The van der Waals surface area contributed by atoms with Crippen molar-refractivity contribution in [2.45, 2.75) is 58.8 Å². The lowest BCUT2D eigenvalue weighted by atomic mass is 9.82. The number of benzene rings is 1. The van der Waals surface area contributed by atoms with Gasteiger partial charge in [-0.2, -0.15) is 0 Å². The molecule has 0 aliphatic carbocycles. The number of nitrogens with one attached hydrogen (secondary N) is 1. The Morgan fingerprint density at radius 3 is 2.55 bits per heavy atom. The summed E-state index contributed by atoms with van der Waals surface area (Å²) in [5, 5.41) is 3.62. The number of anilines is 1. The average Bonchev–Trinajstić information content (AvgIpc) is 2.44. The number of fused-ring (bicyclic) bond motifs is 1. The third kappa shape index (κ3) is 4.14. The molecule has 0 saturated carbocycles. The highest BCUT2D eigenvalue weighted by molar-refractivity contribution is 5.66. The Morgan fingerprint density at radius 1 is 1.23 bits per heavy atom. The fraction of sp³-hybridized carbons (Fsp3) is 0.667. The van der Waals surface area contributed by atoms with E-state index < -0.39 is 0 Å². The van der Waals surface area contributed by atoms with E-state index in [1.807, 2.05) is 19.9 Å². The maximum absolute atomic E-state index is 6.00. The van der Waals surface area contributed by atoms with E-state index in [-0.39, 0.29) is 11.8 Å². The largest absolute Gasteiger partial charge is 0.486 e. The van der Waals surface area contributed by atoms with Crippen molar-refractivity contribution >= 4 is 5.69 Å². The van der Waals surface area contributed by atoms with Gasteiger partial charge in [-0.15, -0.1) is 0 Å². The molecule has 1 aliphatic heterocycles. The van der Waals surface area contributed by atoms with Gasteiger partial charge in [0.05, 0.1) is 5.69 Å². The van der Waals surface area contributed by atoms with Crippen molar-refractivity contribution in [3.63, 3.8) is 0 Å². The van der Waals surface area contributed by atoms with Crippen molar-refractivity contribution in [2.75, 3.05) is 25.1 Å². The van der Waals surface area contributed by atoms with Gasteiger partial charge in [-0.1, -0.05) is 19.1 Å². The summed E-state index contributed by atoms with van der Waals surface area (Å²) in [7, 11) is 0. The molecule has 0 fully saturated rings. The Morgan fingerprint density at radius 2 is 1.91 bits per heavy atom. The van der Waals surface area contributed by atoms with Crippen LogP contribution in [0.5, 0.6) is 5.75 Å². The van der Waals surface area contributed by atoms with E-state index in [4.69, 9.17) is 14.2 Å². The Bertz CT molecular complexity index is 481. The third-order valence-corrected chi connectivity index (χ3v) is 3.95. The van der Waals surface area contributed by atoms with Gasteiger partial charge in [0, 0.05) is 18.8 Å². The highest BCUT2D eigenvalue weighted by atomic mass is 16.7. The van der Waals surface area contributed by atoms with Gasteiger partial charge in [-0.05, 0) is 51.7 Å². The van der Waals surface area contributed by atoms with E-state index in [1.165, 1.54) is 5.56 Å². The van der Waals surface area contributed by atoms with Crippen LogP contribution in [-0.2, 0) is 9.47 Å². The lowest BCUT2D eigenvalue weighted by molar-refractivity contribution is -0.152. The third-order valence-electron chi connectivity index (χ3n) is 3.95. The second-order valence-corrected chi connectivity index (χ2v) is 6.49. The molecule has 2 rings (SSSR count). The summed E-state index contributed by atoms with van der Waals surface area (Å²) < 4.78 is 17.1. The highest BCUT2D eigenvalue weighted by Gasteiger charge is 2.31. The number of ether oxygens (including phenoxy) is 3. The van der Waals surface area contributed by atoms with Gasteiger partial charge < -0.3 is 19.5 Å². The van der Waals surface area contributed by atoms with Crippen LogP contribution < -0.4 is 10.1 Å². The molecule has 0 spiro atoms. The van der Waals surface area contributed by atoms with Crippen LogP contribution >= 0.6 is 0 Å². The first-order valence-corrected chi connectivity index (χ1v) is 8.24. The molecule has 0 bridgehead atoms. The molecule has 0 aromatic heterocycles. The summed E-state index contributed by atoms with van der Waals surface area (Å²) in [6.07, 6.45) is 0.795. The Hall–Kier alpha value is -1.26. The molecule has 0 radical (unpaired) electrons. The van der Waals surface area contributed by atoms with Gasteiger partial charge in [0.25, 0.3) is 0 Å². The molecule has 1 aromatic carbocycles. The molecule has 1 aliphatic rings. The fourth-order valence-electron chi connectivity index (χ4n) is 3.15. The quantitative estimate of drug-likeness (QED) is 0.768. The normalized spacial score (nSPS) is 19.6. The minimum Gasteiger partial charge on any atom is -0.486 e. The van der Waals surface area contributed by atoms with E-state index in [1.54, 1.807) is 0 Å². The summed E-state index contributed by atoms with van der Waals surface area (Å²) in [4.78, 5) is 0. The summed E-state index contributed by atoms with van der Waals surface area (Å²) in [5.41, 5.74) is 2.50. The lowest BCUT2D eigenvalue weighted by Crippen LogP contribution is -2.37. The van der Waals surface area contributed by atoms with Gasteiger partial charge in [0.1, 0.15) is 12.4 Å². The van der Waals surface area contributed by atoms with Crippen LogP contribution in [-0.4, -0.2) is 31.6 Å². The monoisotopic (exact) mass is 307 g/mol. The number of para-hydroxylation sites is 1. The zero-order valence-electron chi connectivity index (χ0n) is 14.4. The smallest absolute Gasteiger partial charge is 0.191 e. The molecule has 0 saturated heterocycles. The zero-order valence-corrected chi connectivity index (χ0v) is 14.4. The van der Waals surface area contributed by atoms with Crippen LogP contribution in [0, 0.1) is 0 Å². The van der Waals surface area contributed by atoms with Gasteiger partial charge in [-0.25, -0.2) is 0 Å².